The van der Waals surface area contributed by atoms with Crippen molar-refractivity contribution >= 4 is 35.4 Å². The van der Waals surface area contributed by atoms with Crippen molar-refractivity contribution in [1.82, 2.24) is 4.98 Å². The molecule has 2 aromatic carbocycles. The molecule has 28 heavy (non-hydrogen) atoms. The fourth-order valence-corrected chi connectivity index (χ4v) is 2.44. The van der Waals surface area contributed by atoms with Crippen LogP contribution in [0.1, 0.15) is 22.5 Å². The van der Waals surface area contributed by atoms with E-state index in [-0.39, 0.29) is 41.9 Å². The van der Waals surface area contributed by atoms with Crippen molar-refractivity contribution in [3.63, 3.8) is 0 Å². The van der Waals surface area contributed by atoms with Crippen LogP contribution in [0.2, 0.25) is 5.02 Å². The van der Waals surface area contributed by atoms with Crippen molar-refractivity contribution in [3.8, 4) is 0 Å². The number of aliphatic imine (C=N–C) groups is 2. The molecule has 146 valence electrons. The van der Waals surface area contributed by atoms with Crippen LogP contribution in [0, 0.1) is 13.8 Å². The third kappa shape index (κ3) is 8.14. The van der Waals surface area contributed by atoms with Crippen LogP contribution in [0.5, 0.6) is 0 Å². The van der Waals surface area contributed by atoms with E-state index >= 15 is 0 Å². The summed E-state index contributed by atoms with van der Waals surface area (Å²) in [5, 5.41) is 0.603. The molecule has 0 bridgehead atoms. The van der Waals surface area contributed by atoms with Gasteiger partial charge in [-0.2, -0.15) is 0 Å². The Morgan fingerprint density at radius 1 is 0.714 bits per heavy atom. The standard InChI is InChI=1S/C21H18ClN3.2ClH.Fe/c1-15-3-7-18(8-4-15)23-13-20-11-17(22)12-21(25-20)14-24-19-9-5-16(2)6-10-19;;;/h3-14H,1-2H3;2*1H;/q;;;+2/p-2. The van der Waals surface area contributed by atoms with Gasteiger partial charge < -0.3 is 24.8 Å². The number of nitrogens with zero attached hydrogens (tertiary/aromatic N) is 3. The predicted molar refractivity (Wildman–Crippen MR) is 106 cm³/mol. The molecule has 0 spiro atoms. The van der Waals surface area contributed by atoms with E-state index in [1.54, 1.807) is 24.6 Å². The van der Waals surface area contributed by atoms with Crippen LogP contribution in [-0.4, -0.2) is 17.4 Å². The molecular formula is C21H18Cl3FeN3. The Morgan fingerprint density at radius 3 is 1.43 bits per heavy atom. The molecule has 1 heterocycles. The van der Waals surface area contributed by atoms with Crippen LogP contribution < -0.4 is 24.8 Å². The van der Waals surface area contributed by atoms with E-state index in [2.05, 4.69) is 15.0 Å². The number of aryl methyl sites for hydroxylation is 2. The van der Waals surface area contributed by atoms with Gasteiger partial charge in [0.2, 0.25) is 0 Å². The van der Waals surface area contributed by atoms with Gasteiger partial charge in [0.15, 0.2) is 0 Å². The second-order valence-corrected chi connectivity index (χ2v) is 6.26. The summed E-state index contributed by atoms with van der Waals surface area (Å²) in [4.78, 5) is 13.4. The Labute approximate surface area is 193 Å². The van der Waals surface area contributed by atoms with Crippen LogP contribution in [-0.2, 0) is 17.1 Å². The minimum atomic E-state index is 0. The number of hydrogen-bond acceptors (Lipinski definition) is 3. The van der Waals surface area contributed by atoms with Crippen LogP contribution in [0.25, 0.3) is 0 Å². The summed E-state index contributed by atoms with van der Waals surface area (Å²) in [6.07, 6.45) is 3.42. The maximum absolute atomic E-state index is 6.19. The zero-order valence-corrected chi connectivity index (χ0v) is 18.6. The summed E-state index contributed by atoms with van der Waals surface area (Å²) in [7, 11) is 0. The van der Waals surface area contributed by atoms with E-state index < -0.39 is 0 Å². The summed E-state index contributed by atoms with van der Waals surface area (Å²) < 4.78 is 0. The summed E-state index contributed by atoms with van der Waals surface area (Å²) in [6.45, 7) is 4.09. The molecular weight excluding hydrogens is 456 g/mol. The summed E-state index contributed by atoms with van der Waals surface area (Å²) >= 11 is 6.19. The Bertz CT molecular complexity index is 851. The molecule has 0 N–H and O–H groups in total. The van der Waals surface area contributed by atoms with E-state index in [1.807, 2.05) is 62.4 Å². The topological polar surface area (TPSA) is 37.6 Å². The fourth-order valence-electron chi connectivity index (χ4n) is 2.21. The molecule has 0 atom stereocenters. The Kier molecular flexibility index (Phi) is 12.0. The molecule has 0 aliphatic heterocycles. The van der Waals surface area contributed by atoms with E-state index in [4.69, 9.17) is 11.6 Å². The molecule has 3 rings (SSSR count). The van der Waals surface area contributed by atoms with E-state index in [1.165, 1.54) is 11.1 Å². The molecule has 0 radical (unpaired) electrons. The van der Waals surface area contributed by atoms with Crippen molar-refractivity contribution in [3.05, 3.63) is 88.2 Å². The Morgan fingerprint density at radius 2 is 1.07 bits per heavy atom. The first kappa shape index (κ1) is 26.3. The normalized spacial score (nSPS) is 10.2. The molecule has 3 nitrogen and oxygen atoms in total. The van der Waals surface area contributed by atoms with Gasteiger partial charge in [-0.1, -0.05) is 47.0 Å². The molecule has 0 aliphatic rings. The number of aromatic nitrogens is 1. The largest absolute Gasteiger partial charge is 2.00 e. The first-order valence-electron chi connectivity index (χ1n) is 7.97. The van der Waals surface area contributed by atoms with Gasteiger partial charge >= 0.3 is 17.1 Å². The third-order valence-electron chi connectivity index (χ3n) is 3.59. The van der Waals surface area contributed by atoms with Gasteiger partial charge in [-0.3, -0.25) is 9.98 Å². The van der Waals surface area contributed by atoms with Gasteiger partial charge in [-0.05, 0) is 50.2 Å². The van der Waals surface area contributed by atoms with Crippen molar-refractivity contribution in [2.24, 2.45) is 9.98 Å². The van der Waals surface area contributed by atoms with Gasteiger partial charge in [0.25, 0.3) is 0 Å². The van der Waals surface area contributed by atoms with E-state index in [9.17, 15) is 0 Å². The maximum atomic E-state index is 6.19. The van der Waals surface area contributed by atoms with Crippen LogP contribution in [0.15, 0.2) is 70.6 Å². The first-order valence-corrected chi connectivity index (χ1v) is 8.35. The number of benzene rings is 2. The van der Waals surface area contributed by atoms with Crippen LogP contribution in [0.4, 0.5) is 11.4 Å². The van der Waals surface area contributed by atoms with Crippen LogP contribution in [0.3, 0.4) is 0 Å². The minimum absolute atomic E-state index is 0. The molecule has 3 aromatic rings. The van der Waals surface area contributed by atoms with Crippen molar-refractivity contribution < 1.29 is 41.9 Å². The van der Waals surface area contributed by atoms with Gasteiger partial charge in [0, 0.05) is 5.02 Å². The monoisotopic (exact) mass is 473 g/mol. The Hall–Kier alpha value is -1.68. The van der Waals surface area contributed by atoms with Gasteiger partial charge in [-0.25, -0.2) is 4.98 Å². The van der Waals surface area contributed by atoms with Crippen LogP contribution >= 0.6 is 11.6 Å². The molecule has 0 unspecified atom stereocenters. The SMILES string of the molecule is Cc1ccc(N=Cc2cc(Cl)cc(C=Nc3ccc(C)cc3)n2)cc1.[Cl-].[Cl-].[Fe+2]. The number of rotatable bonds is 4. The van der Waals surface area contributed by atoms with Gasteiger partial charge in [-0.15, -0.1) is 0 Å². The van der Waals surface area contributed by atoms with Crippen molar-refractivity contribution in [2.75, 3.05) is 0 Å². The first-order chi connectivity index (χ1) is 12.1. The van der Waals surface area contributed by atoms with Crippen molar-refractivity contribution in [1.29, 1.82) is 0 Å². The average molecular weight is 475 g/mol. The molecule has 1 aromatic heterocycles. The summed E-state index contributed by atoms with van der Waals surface area (Å²) in [5.74, 6) is 0. The summed E-state index contributed by atoms with van der Waals surface area (Å²) in [6, 6.07) is 19.5. The molecule has 0 fully saturated rings. The molecule has 0 amide bonds. The summed E-state index contributed by atoms with van der Waals surface area (Å²) in [5.41, 5.74) is 5.55. The predicted octanol–water partition coefficient (Wildman–Crippen LogP) is -0.141. The minimum Gasteiger partial charge on any atom is -1.00 e. The average Bonchev–Trinajstić information content (AvgIpc) is 2.60. The molecule has 0 aliphatic carbocycles. The smallest absolute Gasteiger partial charge is 1.00 e. The zero-order chi connectivity index (χ0) is 17.6. The quantitative estimate of drug-likeness (QED) is 0.383. The second kappa shape index (κ2) is 12.7. The van der Waals surface area contributed by atoms with Crippen molar-refractivity contribution in [2.45, 2.75) is 13.8 Å². The molecule has 7 heteroatoms. The number of pyridine rings is 1. The van der Waals surface area contributed by atoms with E-state index in [0.29, 0.717) is 16.4 Å². The molecule has 0 saturated carbocycles. The second-order valence-electron chi connectivity index (χ2n) is 5.82. The zero-order valence-electron chi connectivity index (χ0n) is 15.3. The van der Waals surface area contributed by atoms with E-state index in [0.717, 1.165) is 11.4 Å². The maximum Gasteiger partial charge on any atom is 2.00 e. The molecule has 0 saturated heterocycles. The number of halogens is 3. The fraction of sp³-hybridized carbons (Fsp3) is 0.0952. The number of hydrogen-bond donors (Lipinski definition) is 0. The van der Waals surface area contributed by atoms with Gasteiger partial charge in [0.1, 0.15) is 0 Å². The van der Waals surface area contributed by atoms with Gasteiger partial charge in [0.05, 0.1) is 35.2 Å². The third-order valence-corrected chi connectivity index (χ3v) is 3.81. The Balaban J connectivity index is 0.00000243.